The average Bonchev–Trinajstić information content (AvgIpc) is 2.70. The van der Waals surface area contributed by atoms with Crippen molar-refractivity contribution in [1.82, 2.24) is 0 Å². The fraction of sp³-hybridized carbons (Fsp3) is 0.318. The number of hydrogen-bond donors (Lipinski definition) is 1. The predicted molar refractivity (Wildman–Crippen MR) is 110 cm³/mol. The SMILES string of the molecule is C=Cc1ccccc1N(Cc1ccccc1C)C(=O)COCCOCCN. The zero-order valence-electron chi connectivity index (χ0n) is 15.9. The molecule has 0 heterocycles. The summed E-state index contributed by atoms with van der Waals surface area (Å²) in [4.78, 5) is 14.7. The summed E-state index contributed by atoms with van der Waals surface area (Å²) in [5.74, 6) is -0.105. The Balaban J connectivity index is 2.13. The first kappa shape index (κ1) is 20.8. The molecule has 0 aliphatic carbocycles. The molecule has 0 atom stereocenters. The standard InChI is InChI=1S/C22H28N2O3/c1-3-19-9-6-7-11-21(19)24(16-20-10-5-4-8-18(20)2)22(25)17-27-15-14-26-13-12-23/h3-11H,1,12-17,23H2,2H3. The fourth-order valence-corrected chi connectivity index (χ4v) is 2.71. The normalized spacial score (nSPS) is 10.6. The number of ether oxygens (including phenoxy) is 2. The first-order valence-electron chi connectivity index (χ1n) is 9.09. The second kappa shape index (κ2) is 11.3. The Hall–Kier alpha value is -2.47. The number of carbonyl (C=O) groups is 1. The van der Waals surface area contributed by atoms with Gasteiger partial charge in [-0.3, -0.25) is 4.79 Å². The zero-order chi connectivity index (χ0) is 19.5. The van der Waals surface area contributed by atoms with Gasteiger partial charge in [0, 0.05) is 6.54 Å². The molecule has 27 heavy (non-hydrogen) atoms. The van der Waals surface area contributed by atoms with E-state index in [0.717, 1.165) is 22.4 Å². The van der Waals surface area contributed by atoms with Crippen LogP contribution in [0.5, 0.6) is 0 Å². The van der Waals surface area contributed by atoms with E-state index in [9.17, 15) is 4.79 Å². The Labute approximate surface area is 161 Å². The number of rotatable bonds is 11. The summed E-state index contributed by atoms with van der Waals surface area (Å²) in [6.45, 7) is 8.11. The minimum Gasteiger partial charge on any atom is -0.378 e. The van der Waals surface area contributed by atoms with Gasteiger partial charge in [0.1, 0.15) is 6.61 Å². The minimum absolute atomic E-state index is 0.0106. The van der Waals surface area contributed by atoms with Crippen molar-refractivity contribution in [3.8, 4) is 0 Å². The predicted octanol–water partition coefficient (Wildman–Crippen LogP) is 3.16. The molecule has 2 N–H and O–H groups in total. The molecule has 0 bridgehead atoms. The second-order valence-corrected chi connectivity index (χ2v) is 6.12. The third-order valence-electron chi connectivity index (χ3n) is 4.20. The summed E-state index contributed by atoms with van der Waals surface area (Å²) in [5, 5.41) is 0. The quantitative estimate of drug-likeness (QED) is 0.619. The molecular weight excluding hydrogens is 340 g/mol. The molecule has 2 aromatic carbocycles. The first-order valence-corrected chi connectivity index (χ1v) is 9.09. The zero-order valence-corrected chi connectivity index (χ0v) is 15.9. The summed E-state index contributed by atoms with van der Waals surface area (Å²) < 4.78 is 10.8. The van der Waals surface area contributed by atoms with E-state index >= 15 is 0 Å². The fourth-order valence-electron chi connectivity index (χ4n) is 2.71. The number of aryl methyl sites for hydroxylation is 1. The molecule has 0 spiro atoms. The van der Waals surface area contributed by atoms with Gasteiger partial charge in [-0.1, -0.05) is 55.1 Å². The molecule has 2 rings (SSSR count). The van der Waals surface area contributed by atoms with Gasteiger partial charge in [0.25, 0.3) is 5.91 Å². The summed E-state index contributed by atoms with van der Waals surface area (Å²) >= 11 is 0. The maximum absolute atomic E-state index is 12.9. The average molecular weight is 368 g/mol. The van der Waals surface area contributed by atoms with E-state index in [-0.39, 0.29) is 12.5 Å². The van der Waals surface area contributed by atoms with Gasteiger partial charge < -0.3 is 20.1 Å². The van der Waals surface area contributed by atoms with Crippen molar-refractivity contribution in [3.05, 3.63) is 71.8 Å². The van der Waals surface area contributed by atoms with Gasteiger partial charge in [-0.2, -0.15) is 0 Å². The van der Waals surface area contributed by atoms with Crippen LogP contribution in [-0.2, 0) is 20.8 Å². The van der Waals surface area contributed by atoms with Crippen LogP contribution in [0.15, 0.2) is 55.1 Å². The maximum atomic E-state index is 12.9. The van der Waals surface area contributed by atoms with E-state index in [2.05, 4.69) is 6.58 Å². The lowest BCUT2D eigenvalue weighted by molar-refractivity contribution is -0.123. The highest BCUT2D eigenvalue weighted by atomic mass is 16.5. The van der Waals surface area contributed by atoms with Crippen LogP contribution in [0.4, 0.5) is 5.69 Å². The molecule has 0 aliphatic heterocycles. The Morgan fingerprint density at radius 2 is 1.78 bits per heavy atom. The van der Waals surface area contributed by atoms with Crippen LogP contribution in [0.3, 0.4) is 0 Å². The number of nitrogens with two attached hydrogens (primary N) is 1. The lowest BCUT2D eigenvalue weighted by Crippen LogP contribution is -2.34. The molecule has 0 radical (unpaired) electrons. The number of hydrogen-bond acceptors (Lipinski definition) is 4. The van der Waals surface area contributed by atoms with E-state index in [0.29, 0.717) is 32.9 Å². The van der Waals surface area contributed by atoms with Crippen LogP contribution < -0.4 is 10.6 Å². The molecule has 5 heteroatoms. The van der Waals surface area contributed by atoms with Crippen molar-refractivity contribution >= 4 is 17.7 Å². The van der Waals surface area contributed by atoms with Gasteiger partial charge in [-0.15, -0.1) is 0 Å². The summed E-state index contributed by atoms with van der Waals surface area (Å²) in [7, 11) is 0. The molecule has 5 nitrogen and oxygen atoms in total. The topological polar surface area (TPSA) is 64.8 Å². The van der Waals surface area contributed by atoms with Gasteiger partial charge in [-0.05, 0) is 29.7 Å². The van der Waals surface area contributed by atoms with Crippen LogP contribution in [0, 0.1) is 6.92 Å². The van der Waals surface area contributed by atoms with E-state index in [4.69, 9.17) is 15.2 Å². The smallest absolute Gasteiger partial charge is 0.253 e. The summed E-state index contributed by atoms with van der Waals surface area (Å²) in [6, 6.07) is 15.8. The van der Waals surface area contributed by atoms with Gasteiger partial charge in [0.05, 0.1) is 32.1 Å². The number of anilines is 1. The van der Waals surface area contributed by atoms with Gasteiger partial charge in [-0.25, -0.2) is 0 Å². The maximum Gasteiger partial charge on any atom is 0.253 e. The molecular formula is C22H28N2O3. The van der Waals surface area contributed by atoms with Gasteiger partial charge >= 0.3 is 0 Å². The van der Waals surface area contributed by atoms with Gasteiger partial charge in [0.2, 0.25) is 0 Å². The van der Waals surface area contributed by atoms with Crippen molar-refractivity contribution in [2.75, 3.05) is 37.9 Å². The van der Waals surface area contributed by atoms with E-state index in [1.807, 2.05) is 55.5 Å². The molecule has 0 aromatic heterocycles. The number of amides is 1. The third kappa shape index (κ3) is 6.32. The van der Waals surface area contributed by atoms with Crippen molar-refractivity contribution in [2.45, 2.75) is 13.5 Å². The van der Waals surface area contributed by atoms with Crippen molar-refractivity contribution in [2.24, 2.45) is 5.73 Å². The number of para-hydroxylation sites is 1. The molecule has 0 saturated heterocycles. The lowest BCUT2D eigenvalue weighted by Gasteiger charge is -2.25. The monoisotopic (exact) mass is 368 g/mol. The van der Waals surface area contributed by atoms with Gasteiger partial charge in [0.15, 0.2) is 0 Å². The number of nitrogens with zero attached hydrogens (tertiary/aromatic N) is 1. The molecule has 144 valence electrons. The van der Waals surface area contributed by atoms with Crippen LogP contribution in [0.2, 0.25) is 0 Å². The Kier molecular flexibility index (Phi) is 8.71. The molecule has 0 saturated carbocycles. The van der Waals surface area contributed by atoms with Crippen molar-refractivity contribution in [1.29, 1.82) is 0 Å². The largest absolute Gasteiger partial charge is 0.378 e. The summed E-state index contributed by atoms with van der Waals surface area (Å²) in [5.41, 5.74) is 9.34. The third-order valence-corrected chi connectivity index (χ3v) is 4.20. The summed E-state index contributed by atoms with van der Waals surface area (Å²) in [6.07, 6.45) is 1.76. The Bertz CT molecular complexity index is 746. The highest BCUT2D eigenvalue weighted by molar-refractivity contribution is 5.96. The molecule has 2 aromatic rings. The Morgan fingerprint density at radius 3 is 2.52 bits per heavy atom. The number of carbonyl (C=O) groups excluding carboxylic acids is 1. The van der Waals surface area contributed by atoms with Crippen molar-refractivity contribution in [3.63, 3.8) is 0 Å². The van der Waals surface area contributed by atoms with E-state index in [1.54, 1.807) is 11.0 Å². The van der Waals surface area contributed by atoms with E-state index < -0.39 is 0 Å². The van der Waals surface area contributed by atoms with E-state index in [1.165, 1.54) is 0 Å². The molecule has 1 amide bonds. The van der Waals surface area contributed by atoms with Crippen LogP contribution in [0.1, 0.15) is 16.7 Å². The van der Waals surface area contributed by atoms with Crippen LogP contribution >= 0.6 is 0 Å². The van der Waals surface area contributed by atoms with Crippen LogP contribution in [0.25, 0.3) is 6.08 Å². The Morgan fingerprint density at radius 1 is 1.07 bits per heavy atom. The lowest BCUT2D eigenvalue weighted by atomic mass is 10.1. The van der Waals surface area contributed by atoms with Crippen LogP contribution in [-0.4, -0.2) is 38.9 Å². The minimum atomic E-state index is -0.105. The highest BCUT2D eigenvalue weighted by Crippen LogP contribution is 2.24. The molecule has 0 aliphatic rings. The number of benzene rings is 2. The second-order valence-electron chi connectivity index (χ2n) is 6.12. The highest BCUT2D eigenvalue weighted by Gasteiger charge is 2.19. The first-order chi connectivity index (χ1) is 13.2. The van der Waals surface area contributed by atoms with Crippen molar-refractivity contribution < 1.29 is 14.3 Å². The molecule has 0 fully saturated rings. The molecule has 0 unspecified atom stereocenters.